The number of carbonyl (C=O) groups is 1. The van der Waals surface area contributed by atoms with Gasteiger partial charge in [-0.2, -0.15) is 0 Å². The van der Waals surface area contributed by atoms with Crippen molar-refractivity contribution in [3.63, 3.8) is 0 Å². The number of nitrogens with one attached hydrogen (secondary N) is 2. The number of rotatable bonds is 4. The van der Waals surface area contributed by atoms with E-state index in [0.29, 0.717) is 17.3 Å². The van der Waals surface area contributed by atoms with Crippen LogP contribution in [0.2, 0.25) is 5.02 Å². The van der Waals surface area contributed by atoms with E-state index in [1.807, 2.05) is 24.3 Å². The van der Waals surface area contributed by atoms with Gasteiger partial charge in [0.1, 0.15) is 0 Å². The molecule has 1 rings (SSSR count). The van der Waals surface area contributed by atoms with Crippen LogP contribution in [-0.2, 0) is 6.42 Å². The van der Waals surface area contributed by atoms with E-state index in [1.165, 1.54) is 0 Å². The van der Waals surface area contributed by atoms with E-state index >= 15 is 0 Å². The lowest BCUT2D eigenvalue weighted by Gasteiger charge is -2.06. The predicted molar refractivity (Wildman–Crippen MR) is 66.5 cm³/mol. The smallest absolute Gasteiger partial charge is 0.318 e. The van der Waals surface area contributed by atoms with Crippen LogP contribution in [0, 0.1) is 0 Å². The highest BCUT2D eigenvalue weighted by molar-refractivity contribution is 6.30. The highest BCUT2D eigenvalue weighted by Gasteiger charge is 1.99. The quantitative estimate of drug-likeness (QED) is 0.832. The van der Waals surface area contributed by atoms with Crippen LogP contribution in [0.3, 0.4) is 0 Å². The van der Waals surface area contributed by atoms with Crippen molar-refractivity contribution >= 4 is 17.6 Å². The normalized spacial score (nSPS) is 9.62. The Bertz CT molecular complexity index is 390. The summed E-state index contributed by atoms with van der Waals surface area (Å²) in [5, 5.41) is 6.01. The molecular weight excluding hydrogens is 224 g/mol. The van der Waals surface area contributed by atoms with E-state index in [9.17, 15) is 4.79 Å². The van der Waals surface area contributed by atoms with Crippen molar-refractivity contribution in [1.29, 1.82) is 0 Å². The van der Waals surface area contributed by atoms with Crippen LogP contribution >= 0.6 is 11.6 Å². The Labute approximate surface area is 100 Å². The van der Waals surface area contributed by atoms with Crippen molar-refractivity contribution in [2.24, 2.45) is 0 Å². The summed E-state index contributed by atoms with van der Waals surface area (Å²) in [7, 11) is 0. The van der Waals surface area contributed by atoms with E-state index in [4.69, 9.17) is 11.6 Å². The van der Waals surface area contributed by atoms with Crippen LogP contribution in [0.25, 0.3) is 0 Å². The molecule has 0 atom stereocenters. The first kappa shape index (κ1) is 12.6. The summed E-state index contributed by atoms with van der Waals surface area (Å²) in [4.78, 5) is 11.2. The molecule has 0 bridgehead atoms. The van der Waals surface area contributed by atoms with Gasteiger partial charge in [0.15, 0.2) is 0 Å². The first-order valence-electron chi connectivity index (χ1n) is 5.03. The van der Waals surface area contributed by atoms with Gasteiger partial charge in [-0.15, -0.1) is 0 Å². The Morgan fingerprint density at radius 2 is 2.25 bits per heavy atom. The summed E-state index contributed by atoms with van der Waals surface area (Å²) in [6.07, 6.45) is 0.754. The predicted octanol–water partition coefficient (Wildman–Crippen LogP) is 2.72. The van der Waals surface area contributed by atoms with Crippen molar-refractivity contribution < 1.29 is 4.79 Å². The molecule has 1 aromatic rings. The highest BCUT2D eigenvalue weighted by Crippen LogP contribution is 2.10. The molecule has 0 heterocycles. The maximum absolute atomic E-state index is 11.2. The molecule has 0 spiro atoms. The van der Waals surface area contributed by atoms with E-state index in [2.05, 4.69) is 17.2 Å². The minimum atomic E-state index is -0.227. The Balaban J connectivity index is 2.30. The second kappa shape index (κ2) is 6.18. The molecule has 0 aliphatic heterocycles. The number of halogens is 1. The van der Waals surface area contributed by atoms with E-state index in [1.54, 1.807) is 6.92 Å². The monoisotopic (exact) mass is 238 g/mol. The number of hydrogen-bond acceptors (Lipinski definition) is 1. The minimum Gasteiger partial charge on any atom is -0.338 e. The van der Waals surface area contributed by atoms with Crippen LogP contribution < -0.4 is 10.6 Å². The van der Waals surface area contributed by atoms with Crippen molar-refractivity contribution in [3.8, 4) is 0 Å². The van der Waals surface area contributed by atoms with Crippen LogP contribution in [0.15, 0.2) is 36.5 Å². The van der Waals surface area contributed by atoms with E-state index in [-0.39, 0.29) is 6.03 Å². The maximum atomic E-state index is 11.2. The van der Waals surface area contributed by atoms with Crippen LogP contribution in [-0.4, -0.2) is 12.6 Å². The van der Waals surface area contributed by atoms with Crippen molar-refractivity contribution in [2.45, 2.75) is 13.3 Å². The Morgan fingerprint density at radius 3 is 2.88 bits per heavy atom. The zero-order chi connectivity index (χ0) is 12.0. The molecule has 2 N–H and O–H groups in total. The standard InChI is InChI=1S/C12H15ClN2O/c1-9(2)15-12(16)14-7-6-10-4-3-5-11(13)8-10/h3-5,8H,1,6-7H2,2H3,(H2,14,15,16). The molecule has 0 aliphatic carbocycles. The number of carbonyl (C=O) groups excluding carboxylic acids is 1. The van der Waals surface area contributed by atoms with Crippen molar-refractivity contribution in [3.05, 3.63) is 47.1 Å². The molecule has 0 aliphatic rings. The number of amides is 2. The summed E-state index contributed by atoms with van der Waals surface area (Å²) >= 11 is 5.84. The summed E-state index contributed by atoms with van der Waals surface area (Å²) in [6, 6.07) is 7.36. The molecule has 16 heavy (non-hydrogen) atoms. The lowest BCUT2D eigenvalue weighted by atomic mass is 10.1. The van der Waals surface area contributed by atoms with E-state index in [0.717, 1.165) is 12.0 Å². The molecule has 0 saturated carbocycles. The molecule has 2 amide bonds. The average Bonchev–Trinajstić information content (AvgIpc) is 2.16. The first-order chi connectivity index (χ1) is 7.58. The third-order valence-electron chi connectivity index (χ3n) is 1.92. The molecule has 0 saturated heterocycles. The topological polar surface area (TPSA) is 41.1 Å². The number of urea groups is 1. The third kappa shape index (κ3) is 4.84. The van der Waals surface area contributed by atoms with Crippen molar-refractivity contribution in [2.75, 3.05) is 6.54 Å². The molecular formula is C12H15ClN2O. The largest absolute Gasteiger partial charge is 0.338 e. The van der Waals surface area contributed by atoms with Gasteiger partial charge in [-0.1, -0.05) is 30.3 Å². The van der Waals surface area contributed by atoms with Gasteiger partial charge in [-0.3, -0.25) is 0 Å². The molecule has 0 aromatic heterocycles. The number of allylic oxidation sites excluding steroid dienone is 1. The summed E-state index contributed by atoms with van der Waals surface area (Å²) < 4.78 is 0. The average molecular weight is 239 g/mol. The molecule has 4 heteroatoms. The van der Waals surface area contributed by atoms with Gasteiger partial charge >= 0.3 is 6.03 Å². The number of hydrogen-bond donors (Lipinski definition) is 2. The molecule has 1 aromatic carbocycles. The van der Waals surface area contributed by atoms with Gasteiger partial charge in [-0.25, -0.2) is 4.79 Å². The summed E-state index contributed by atoms with van der Waals surface area (Å²) in [6.45, 7) is 5.89. The SMILES string of the molecule is C=C(C)NC(=O)NCCc1cccc(Cl)c1. The summed E-state index contributed by atoms with van der Waals surface area (Å²) in [5.41, 5.74) is 1.73. The van der Waals surface area contributed by atoms with Crippen LogP contribution in [0.1, 0.15) is 12.5 Å². The molecule has 86 valence electrons. The second-order valence-electron chi connectivity index (χ2n) is 3.54. The Morgan fingerprint density at radius 1 is 1.50 bits per heavy atom. The third-order valence-corrected chi connectivity index (χ3v) is 2.15. The van der Waals surface area contributed by atoms with E-state index < -0.39 is 0 Å². The zero-order valence-electron chi connectivity index (χ0n) is 9.22. The fourth-order valence-electron chi connectivity index (χ4n) is 1.25. The Hall–Kier alpha value is -1.48. The summed E-state index contributed by atoms with van der Waals surface area (Å²) in [5.74, 6) is 0. The first-order valence-corrected chi connectivity index (χ1v) is 5.40. The van der Waals surface area contributed by atoms with Crippen LogP contribution in [0.5, 0.6) is 0 Å². The van der Waals surface area contributed by atoms with Gasteiger partial charge in [0.25, 0.3) is 0 Å². The fourth-order valence-corrected chi connectivity index (χ4v) is 1.46. The maximum Gasteiger partial charge on any atom is 0.318 e. The highest BCUT2D eigenvalue weighted by atomic mass is 35.5. The molecule has 0 fully saturated rings. The van der Waals surface area contributed by atoms with Crippen LogP contribution in [0.4, 0.5) is 4.79 Å². The lowest BCUT2D eigenvalue weighted by Crippen LogP contribution is -2.35. The molecule has 3 nitrogen and oxygen atoms in total. The fraction of sp³-hybridized carbons (Fsp3) is 0.250. The molecule has 0 unspecified atom stereocenters. The minimum absolute atomic E-state index is 0.227. The Kier molecular flexibility index (Phi) is 4.86. The number of benzene rings is 1. The van der Waals surface area contributed by atoms with Gasteiger partial charge in [-0.05, 0) is 31.0 Å². The van der Waals surface area contributed by atoms with Crippen molar-refractivity contribution in [1.82, 2.24) is 10.6 Å². The van der Waals surface area contributed by atoms with Gasteiger partial charge in [0, 0.05) is 17.3 Å². The van der Waals surface area contributed by atoms with Gasteiger partial charge < -0.3 is 10.6 Å². The molecule has 0 radical (unpaired) electrons. The van der Waals surface area contributed by atoms with Gasteiger partial charge in [0.2, 0.25) is 0 Å². The zero-order valence-corrected chi connectivity index (χ0v) is 9.97. The van der Waals surface area contributed by atoms with Gasteiger partial charge in [0.05, 0.1) is 0 Å². The lowest BCUT2D eigenvalue weighted by molar-refractivity contribution is 0.243. The second-order valence-corrected chi connectivity index (χ2v) is 3.98.